The van der Waals surface area contributed by atoms with Gasteiger partial charge in [-0.1, -0.05) is 11.3 Å². The molecule has 0 unspecified atom stereocenters. The third kappa shape index (κ3) is 4.20. The maximum atomic E-state index is 11.7. The topological polar surface area (TPSA) is 89.3 Å². The van der Waals surface area contributed by atoms with E-state index in [2.05, 4.69) is 15.6 Å². The third-order valence-electron chi connectivity index (χ3n) is 2.03. The first-order chi connectivity index (χ1) is 8.19. The number of thiazole rings is 1. The summed E-state index contributed by atoms with van der Waals surface area (Å²) in [5.41, 5.74) is 5.64. The Kier molecular flexibility index (Phi) is 5.71. The van der Waals surface area contributed by atoms with Crippen LogP contribution in [0, 0.1) is 0 Å². The lowest BCUT2D eigenvalue weighted by atomic mass is 10.4. The molecule has 1 heterocycles. The average molecular weight is 258 g/mol. The molecular weight excluding hydrogens is 240 g/mol. The Morgan fingerprint density at radius 3 is 2.94 bits per heavy atom. The Bertz CT molecular complexity index is 367. The number of carbonyl (C=O) groups excluding carboxylic acids is 1. The Balaban J connectivity index is 2.38. The second kappa shape index (κ2) is 7.08. The van der Waals surface area contributed by atoms with Crippen molar-refractivity contribution >= 4 is 28.2 Å². The van der Waals surface area contributed by atoms with Gasteiger partial charge < -0.3 is 21.1 Å². The number of nitrogens with zero attached hydrogens (tertiary/aromatic N) is 1. The van der Waals surface area contributed by atoms with Gasteiger partial charge in [0.05, 0.1) is 0 Å². The molecule has 0 radical (unpaired) electrons. The van der Waals surface area contributed by atoms with Gasteiger partial charge in [0.15, 0.2) is 5.13 Å². The number of rotatable bonds is 7. The summed E-state index contributed by atoms with van der Waals surface area (Å²) in [7, 11) is 1.74. The average Bonchev–Trinajstić information content (AvgIpc) is 2.70. The number of amides is 1. The molecule has 0 aliphatic heterocycles. The van der Waals surface area contributed by atoms with Gasteiger partial charge in [-0.05, 0) is 13.3 Å². The molecule has 0 saturated carbocycles. The summed E-state index contributed by atoms with van der Waals surface area (Å²) in [6, 6.07) is 0. The summed E-state index contributed by atoms with van der Waals surface area (Å²) in [5, 5.41) is 6.27. The quantitative estimate of drug-likeness (QED) is 0.633. The molecule has 0 fully saturated rings. The van der Waals surface area contributed by atoms with Crippen molar-refractivity contribution in [2.24, 2.45) is 0 Å². The van der Waals surface area contributed by atoms with Crippen LogP contribution in [0.15, 0.2) is 0 Å². The van der Waals surface area contributed by atoms with E-state index in [0.717, 1.165) is 6.42 Å². The van der Waals surface area contributed by atoms with Crippen LogP contribution in [0.3, 0.4) is 0 Å². The molecule has 0 bridgehead atoms. The maximum Gasteiger partial charge on any atom is 0.265 e. The molecule has 0 aliphatic rings. The molecule has 1 amide bonds. The van der Waals surface area contributed by atoms with Gasteiger partial charge in [0.2, 0.25) is 0 Å². The van der Waals surface area contributed by atoms with Crippen LogP contribution in [0.5, 0.6) is 0 Å². The molecular formula is C10H18N4O2S. The van der Waals surface area contributed by atoms with E-state index in [4.69, 9.17) is 10.5 Å². The molecule has 1 aromatic heterocycles. The minimum absolute atomic E-state index is 0.182. The largest absolute Gasteiger partial charge is 0.382 e. The molecule has 0 saturated heterocycles. The van der Waals surface area contributed by atoms with Crippen LogP contribution >= 0.6 is 11.3 Å². The number of nitrogen functional groups attached to an aromatic ring is 1. The van der Waals surface area contributed by atoms with Crippen molar-refractivity contribution in [1.82, 2.24) is 10.3 Å². The van der Waals surface area contributed by atoms with Gasteiger partial charge in [0.25, 0.3) is 5.91 Å². The predicted octanol–water partition coefficient (Wildman–Crippen LogP) is 0.923. The zero-order valence-electron chi connectivity index (χ0n) is 10.1. The highest BCUT2D eigenvalue weighted by molar-refractivity contribution is 7.18. The molecule has 1 aromatic rings. The van der Waals surface area contributed by atoms with E-state index in [1.165, 1.54) is 11.3 Å². The summed E-state index contributed by atoms with van der Waals surface area (Å²) in [4.78, 5) is 16.2. The molecule has 0 atom stereocenters. The highest BCUT2D eigenvalue weighted by Gasteiger charge is 2.14. The van der Waals surface area contributed by atoms with Crippen molar-refractivity contribution in [3.63, 3.8) is 0 Å². The summed E-state index contributed by atoms with van der Waals surface area (Å²) >= 11 is 1.25. The lowest BCUT2D eigenvalue weighted by Crippen LogP contribution is -2.25. The van der Waals surface area contributed by atoms with E-state index < -0.39 is 0 Å². The van der Waals surface area contributed by atoms with E-state index in [1.54, 1.807) is 7.05 Å². The number of ether oxygens (including phenoxy) is 1. The van der Waals surface area contributed by atoms with Crippen LogP contribution in [0.2, 0.25) is 0 Å². The van der Waals surface area contributed by atoms with E-state index in [9.17, 15) is 4.79 Å². The van der Waals surface area contributed by atoms with Crippen LogP contribution in [-0.2, 0) is 4.74 Å². The number of hydrogen-bond donors (Lipinski definition) is 3. The normalized spacial score (nSPS) is 10.2. The summed E-state index contributed by atoms with van der Waals surface area (Å²) in [6.45, 7) is 3.86. The van der Waals surface area contributed by atoms with Crippen molar-refractivity contribution in [3.05, 3.63) is 4.88 Å². The van der Waals surface area contributed by atoms with Crippen molar-refractivity contribution in [1.29, 1.82) is 0 Å². The standard InChI is InChI=1S/C10H18N4O2S/c1-3-16-6-4-5-13-9(15)7-8(11)14-10(12-2)17-7/h3-6,11H2,1-2H3,(H,12,14)(H,13,15). The minimum atomic E-state index is -0.182. The number of carbonyl (C=O) groups is 1. The third-order valence-corrected chi connectivity index (χ3v) is 3.12. The van der Waals surface area contributed by atoms with Crippen LogP contribution in [0.4, 0.5) is 10.9 Å². The Morgan fingerprint density at radius 2 is 2.35 bits per heavy atom. The first kappa shape index (κ1) is 13.7. The summed E-state index contributed by atoms with van der Waals surface area (Å²) in [5.74, 6) is 0.0830. The number of aromatic nitrogens is 1. The first-order valence-corrected chi connectivity index (χ1v) is 6.30. The van der Waals surface area contributed by atoms with Gasteiger partial charge in [-0.2, -0.15) is 0 Å². The molecule has 0 aromatic carbocycles. The van der Waals surface area contributed by atoms with E-state index in [1.807, 2.05) is 6.92 Å². The predicted molar refractivity (Wildman–Crippen MR) is 69.5 cm³/mol. The SMILES string of the molecule is CCOCCCNC(=O)c1sc(NC)nc1N. The molecule has 0 spiro atoms. The lowest BCUT2D eigenvalue weighted by Gasteiger charge is -2.03. The smallest absolute Gasteiger partial charge is 0.265 e. The number of anilines is 2. The maximum absolute atomic E-state index is 11.7. The van der Waals surface area contributed by atoms with Gasteiger partial charge in [0.1, 0.15) is 10.7 Å². The Labute approximate surface area is 105 Å². The lowest BCUT2D eigenvalue weighted by molar-refractivity contribution is 0.0949. The van der Waals surface area contributed by atoms with E-state index in [0.29, 0.717) is 29.8 Å². The highest BCUT2D eigenvalue weighted by atomic mass is 32.1. The zero-order chi connectivity index (χ0) is 12.7. The fourth-order valence-corrected chi connectivity index (χ4v) is 1.96. The van der Waals surface area contributed by atoms with Crippen LogP contribution < -0.4 is 16.4 Å². The summed E-state index contributed by atoms with van der Waals surface area (Å²) < 4.78 is 5.17. The van der Waals surface area contributed by atoms with Crippen molar-refractivity contribution in [3.8, 4) is 0 Å². The monoisotopic (exact) mass is 258 g/mol. The zero-order valence-corrected chi connectivity index (χ0v) is 10.9. The molecule has 7 heteroatoms. The molecule has 96 valence electrons. The van der Waals surface area contributed by atoms with E-state index >= 15 is 0 Å². The molecule has 0 aliphatic carbocycles. The van der Waals surface area contributed by atoms with Gasteiger partial charge in [-0.25, -0.2) is 4.98 Å². The van der Waals surface area contributed by atoms with Crippen molar-refractivity contribution in [2.45, 2.75) is 13.3 Å². The second-order valence-electron chi connectivity index (χ2n) is 3.29. The highest BCUT2D eigenvalue weighted by Crippen LogP contribution is 2.23. The number of nitrogens with two attached hydrogens (primary N) is 1. The van der Waals surface area contributed by atoms with Gasteiger partial charge in [-0.15, -0.1) is 0 Å². The van der Waals surface area contributed by atoms with Gasteiger partial charge in [0, 0.05) is 26.8 Å². The molecule has 17 heavy (non-hydrogen) atoms. The number of hydrogen-bond acceptors (Lipinski definition) is 6. The van der Waals surface area contributed by atoms with Crippen molar-refractivity contribution in [2.75, 3.05) is 37.9 Å². The van der Waals surface area contributed by atoms with Gasteiger partial charge in [-0.3, -0.25) is 4.79 Å². The van der Waals surface area contributed by atoms with E-state index in [-0.39, 0.29) is 11.7 Å². The van der Waals surface area contributed by atoms with Crippen molar-refractivity contribution < 1.29 is 9.53 Å². The van der Waals surface area contributed by atoms with Gasteiger partial charge >= 0.3 is 0 Å². The second-order valence-corrected chi connectivity index (χ2v) is 4.29. The molecule has 1 rings (SSSR count). The van der Waals surface area contributed by atoms with Crippen LogP contribution in [-0.4, -0.2) is 37.7 Å². The molecule has 4 N–H and O–H groups in total. The minimum Gasteiger partial charge on any atom is -0.382 e. The Morgan fingerprint density at radius 1 is 1.59 bits per heavy atom. The first-order valence-electron chi connectivity index (χ1n) is 5.49. The number of nitrogens with one attached hydrogen (secondary N) is 2. The summed E-state index contributed by atoms with van der Waals surface area (Å²) in [6.07, 6.45) is 0.789. The molecule has 6 nitrogen and oxygen atoms in total. The fourth-order valence-electron chi connectivity index (χ4n) is 1.20. The fraction of sp³-hybridized carbons (Fsp3) is 0.600. The van der Waals surface area contributed by atoms with Crippen LogP contribution in [0.25, 0.3) is 0 Å². The van der Waals surface area contributed by atoms with Crippen LogP contribution in [0.1, 0.15) is 23.0 Å². The Hall–Kier alpha value is -1.34.